The molecular formula is C25H28ClN3O6. The van der Waals surface area contributed by atoms with Crippen LogP contribution in [0.15, 0.2) is 29.8 Å². The summed E-state index contributed by atoms with van der Waals surface area (Å²) in [5.41, 5.74) is 1.94. The van der Waals surface area contributed by atoms with E-state index in [4.69, 9.17) is 21.1 Å². The van der Waals surface area contributed by atoms with Crippen molar-refractivity contribution in [3.63, 3.8) is 0 Å². The van der Waals surface area contributed by atoms with Crippen molar-refractivity contribution in [2.75, 3.05) is 46.5 Å². The number of aryl methyl sites for hydroxylation is 1. The number of halogens is 1. The summed E-state index contributed by atoms with van der Waals surface area (Å²) in [5.74, 6) is -2.41. The molecule has 0 unspecified atom stereocenters. The Labute approximate surface area is 208 Å². The number of nitrogens with one attached hydrogen (secondary N) is 1. The third-order valence-electron chi connectivity index (χ3n) is 6.53. The molecule has 2 aliphatic heterocycles. The number of aromatic nitrogens is 1. The minimum Gasteiger partial charge on any atom is -0.507 e. The Hall–Kier alpha value is -3.14. The molecule has 3 heterocycles. The molecule has 4 rings (SSSR count). The number of esters is 1. The van der Waals surface area contributed by atoms with Gasteiger partial charge in [-0.15, -0.1) is 0 Å². The highest BCUT2D eigenvalue weighted by molar-refractivity contribution is 6.46. The number of carbonyl (C=O) groups is 3. The summed E-state index contributed by atoms with van der Waals surface area (Å²) in [4.78, 5) is 45.2. The van der Waals surface area contributed by atoms with E-state index in [1.165, 1.54) is 12.0 Å². The maximum atomic E-state index is 13.3. The van der Waals surface area contributed by atoms with E-state index in [2.05, 4.69) is 9.88 Å². The minimum atomic E-state index is -0.829. The first kappa shape index (κ1) is 25.0. The number of nitrogens with zero attached hydrogens (tertiary/aromatic N) is 2. The first-order chi connectivity index (χ1) is 16.7. The zero-order valence-electron chi connectivity index (χ0n) is 19.9. The Morgan fingerprint density at radius 1 is 1.23 bits per heavy atom. The summed E-state index contributed by atoms with van der Waals surface area (Å²) in [6.45, 7) is 6.88. The topological polar surface area (TPSA) is 112 Å². The number of morpholine rings is 1. The van der Waals surface area contributed by atoms with Crippen molar-refractivity contribution in [3.8, 4) is 0 Å². The predicted octanol–water partition coefficient (Wildman–Crippen LogP) is 2.83. The van der Waals surface area contributed by atoms with Gasteiger partial charge in [0.1, 0.15) is 11.5 Å². The van der Waals surface area contributed by atoms with E-state index < -0.39 is 23.7 Å². The summed E-state index contributed by atoms with van der Waals surface area (Å²) in [6.07, 6.45) is 0. The van der Waals surface area contributed by atoms with E-state index in [0.717, 1.165) is 13.1 Å². The summed E-state index contributed by atoms with van der Waals surface area (Å²) >= 11 is 6.25. The van der Waals surface area contributed by atoms with Crippen LogP contribution in [0.1, 0.15) is 38.9 Å². The van der Waals surface area contributed by atoms with Crippen molar-refractivity contribution in [3.05, 3.63) is 62.9 Å². The van der Waals surface area contributed by atoms with Crippen LogP contribution in [-0.4, -0.2) is 84.1 Å². The molecule has 1 amide bonds. The molecule has 1 atom stereocenters. The third-order valence-corrected chi connectivity index (χ3v) is 6.76. The van der Waals surface area contributed by atoms with Crippen molar-refractivity contribution in [1.82, 2.24) is 14.8 Å². The zero-order chi connectivity index (χ0) is 25.3. The second-order valence-electron chi connectivity index (χ2n) is 8.62. The molecular weight excluding hydrogens is 474 g/mol. The number of amides is 1. The number of aliphatic hydroxyl groups is 1. The molecule has 2 aliphatic rings. The van der Waals surface area contributed by atoms with Gasteiger partial charge in [0.25, 0.3) is 11.7 Å². The number of H-pyrrole nitrogens is 1. The van der Waals surface area contributed by atoms with Crippen LogP contribution in [0.4, 0.5) is 0 Å². The number of Topliss-reactive ketones (excluding diaryl/α,β-unsaturated/α-hetero) is 1. The van der Waals surface area contributed by atoms with Crippen LogP contribution in [-0.2, 0) is 19.1 Å². The second kappa shape index (κ2) is 10.2. The lowest BCUT2D eigenvalue weighted by atomic mass is 9.94. The van der Waals surface area contributed by atoms with Crippen molar-refractivity contribution in [1.29, 1.82) is 0 Å². The molecule has 9 nitrogen and oxygen atoms in total. The minimum absolute atomic E-state index is 0.0409. The van der Waals surface area contributed by atoms with Crippen LogP contribution in [0.2, 0.25) is 5.02 Å². The number of benzene rings is 1. The number of aliphatic hydroxyl groups excluding tert-OH is 1. The van der Waals surface area contributed by atoms with E-state index in [1.54, 1.807) is 38.1 Å². The Balaban J connectivity index is 1.80. The number of hydrogen-bond acceptors (Lipinski definition) is 7. The van der Waals surface area contributed by atoms with Crippen LogP contribution in [0.3, 0.4) is 0 Å². The molecule has 10 heteroatoms. The third kappa shape index (κ3) is 4.71. The lowest BCUT2D eigenvalue weighted by molar-refractivity contribution is -0.140. The van der Waals surface area contributed by atoms with Crippen molar-refractivity contribution in [2.24, 2.45) is 0 Å². The number of carbonyl (C=O) groups excluding carboxylic acids is 3. The molecule has 0 aliphatic carbocycles. The largest absolute Gasteiger partial charge is 0.507 e. The lowest BCUT2D eigenvalue weighted by Gasteiger charge is -2.31. The smallest absolute Gasteiger partial charge is 0.354 e. The van der Waals surface area contributed by atoms with Gasteiger partial charge < -0.3 is 24.5 Å². The molecule has 0 radical (unpaired) electrons. The lowest BCUT2D eigenvalue weighted by Crippen LogP contribution is -2.42. The van der Waals surface area contributed by atoms with Crippen LogP contribution in [0.25, 0.3) is 5.76 Å². The van der Waals surface area contributed by atoms with Gasteiger partial charge in [-0.1, -0.05) is 23.7 Å². The van der Waals surface area contributed by atoms with Gasteiger partial charge in [-0.05, 0) is 37.1 Å². The van der Waals surface area contributed by atoms with Crippen molar-refractivity contribution in [2.45, 2.75) is 19.9 Å². The summed E-state index contributed by atoms with van der Waals surface area (Å²) in [5, 5.41) is 11.9. The number of rotatable bonds is 6. The summed E-state index contributed by atoms with van der Waals surface area (Å²) in [6, 6.07) is 6.07. The maximum absolute atomic E-state index is 13.3. The first-order valence-electron chi connectivity index (χ1n) is 11.4. The molecule has 1 aromatic heterocycles. The van der Waals surface area contributed by atoms with Gasteiger partial charge in [0.2, 0.25) is 0 Å². The van der Waals surface area contributed by atoms with E-state index in [1.807, 2.05) is 0 Å². The number of methoxy groups -OCH3 is 1. The van der Waals surface area contributed by atoms with Crippen LogP contribution < -0.4 is 0 Å². The van der Waals surface area contributed by atoms with Crippen LogP contribution in [0, 0.1) is 13.8 Å². The van der Waals surface area contributed by atoms with Crippen molar-refractivity contribution >= 4 is 35.0 Å². The molecule has 0 bridgehead atoms. The van der Waals surface area contributed by atoms with Gasteiger partial charge in [-0.3, -0.25) is 14.5 Å². The van der Waals surface area contributed by atoms with Gasteiger partial charge in [-0.2, -0.15) is 0 Å². The average molecular weight is 502 g/mol. The van der Waals surface area contributed by atoms with Gasteiger partial charge in [0.15, 0.2) is 0 Å². The maximum Gasteiger partial charge on any atom is 0.354 e. The van der Waals surface area contributed by atoms with Gasteiger partial charge in [0, 0.05) is 42.5 Å². The first-order valence-corrected chi connectivity index (χ1v) is 11.7. The number of hydrogen-bond donors (Lipinski definition) is 2. The van der Waals surface area contributed by atoms with E-state index in [9.17, 15) is 19.5 Å². The number of ether oxygens (including phenoxy) is 2. The fourth-order valence-electron chi connectivity index (χ4n) is 4.75. The number of ketones is 1. The molecule has 0 spiro atoms. The molecule has 35 heavy (non-hydrogen) atoms. The Kier molecular flexibility index (Phi) is 7.30. The monoisotopic (exact) mass is 501 g/mol. The predicted molar refractivity (Wildman–Crippen MR) is 129 cm³/mol. The molecule has 2 fully saturated rings. The molecule has 1 aromatic carbocycles. The Morgan fingerprint density at radius 2 is 1.94 bits per heavy atom. The zero-order valence-corrected chi connectivity index (χ0v) is 20.6. The van der Waals surface area contributed by atoms with Gasteiger partial charge in [0.05, 0.1) is 31.9 Å². The SMILES string of the molecule is COC(=O)c1[nH]c(C)c(C(O)=C2C(=O)C(=O)N(CCN3CCOCC3)[C@H]2c2cccc(Cl)c2)c1C. The number of likely N-dealkylation sites (tertiary alicyclic amines) is 1. The highest BCUT2D eigenvalue weighted by atomic mass is 35.5. The van der Waals surface area contributed by atoms with Gasteiger partial charge >= 0.3 is 5.97 Å². The van der Waals surface area contributed by atoms with E-state index in [0.29, 0.717) is 47.2 Å². The Bertz CT molecular complexity index is 1200. The van der Waals surface area contributed by atoms with Gasteiger partial charge in [-0.25, -0.2) is 4.79 Å². The quantitative estimate of drug-likeness (QED) is 0.271. The van der Waals surface area contributed by atoms with Crippen LogP contribution >= 0.6 is 11.6 Å². The molecule has 186 valence electrons. The second-order valence-corrected chi connectivity index (χ2v) is 9.05. The fourth-order valence-corrected chi connectivity index (χ4v) is 4.95. The molecule has 0 saturated carbocycles. The highest BCUT2D eigenvalue weighted by Crippen LogP contribution is 2.41. The molecule has 2 saturated heterocycles. The highest BCUT2D eigenvalue weighted by Gasteiger charge is 2.46. The summed E-state index contributed by atoms with van der Waals surface area (Å²) in [7, 11) is 1.26. The normalized spacial score (nSPS) is 20.5. The van der Waals surface area contributed by atoms with Crippen molar-refractivity contribution < 1.29 is 29.0 Å². The van der Waals surface area contributed by atoms with E-state index in [-0.39, 0.29) is 23.6 Å². The van der Waals surface area contributed by atoms with Crippen LogP contribution in [0.5, 0.6) is 0 Å². The molecule has 2 aromatic rings. The van der Waals surface area contributed by atoms with E-state index >= 15 is 0 Å². The molecule has 2 N–H and O–H groups in total. The standard InChI is InChI=1S/C25H28ClN3O6/c1-14-18(15(2)27-20(14)25(33)34-3)22(30)19-21(16-5-4-6-17(26)13-16)29(24(32)23(19)31)8-7-28-9-11-35-12-10-28/h4-6,13,21,27,30H,7-12H2,1-3H3/t21-/m0/s1. The number of aromatic amines is 1. The average Bonchev–Trinajstić information content (AvgIpc) is 3.29. The summed E-state index contributed by atoms with van der Waals surface area (Å²) < 4.78 is 10.2. The Morgan fingerprint density at radius 3 is 2.60 bits per heavy atom. The fraction of sp³-hybridized carbons (Fsp3) is 0.400.